The van der Waals surface area contributed by atoms with Crippen molar-refractivity contribution in [3.8, 4) is 17.1 Å². The van der Waals surface area contributed by atoms with Crippen LogP contribution < -0.4 is 20.7 Å². The van der Waals surface area contributed by atoms with E-state index in [1.165, 1.54) is 23.6 Å². The first-order chi connectivity index (χ1) is 20.8. The zero-order valence-corrected chi connectivity index (χ0v) is 25.1. The number of rotatable bonds is 11. The third kappa shape index (κ3) is 7.68. The van der Waals surface area contributed by atoms with Crippen LogP contribution in [0.2, 0.25) is 0 Å². The van der Waals surface area contributed by atoms with E-state index in [2.05, 4.69) is 50.0 Å². The van der Waals surface area contributed by atoms with Crippen LogP contribution in [0.3, 0.4) is 0 Å². The van der Waals surface area contributed by atoms with Crippen molar-refractivity contribution in [3.63, 3.8) is 0 Å². The standard InChI is InChI=1S/C30H32FN7O3.CH3Cl/c1-36(10-9-28(40)35-19-39)29-14-34-30(37(29)2)20-7-8-21-15-38(16-23(21)11-20)17-27-26(32)12-24(13-33-27)41-18-22-5-3-4-6-25(22)31;1-2/h3-8,11-14,19H,9-10,15-18,32H2,1-2H3,(H,35,39,40);1H3. The van der Waals surface area contributed by atoms with E-state index >= 15 is 0 Å². The van der Waals surface area contributed by atoms with Crippen LogP contribution in [0.5, 0.6) is 5.75 Å². The van der Waals surface area contributed by atoms with Crippen molar-refractivity contribution in [1.82, 2.24) is 24.8 Å². The number of hydrogen-bond donors (Lipinski definition) is 2. The number of nitrogens with two attached hydrogens (primary N) is 1. The molecule has 2 aromatic carbocycles. The van der Waals surface area contributed by atoms with Crippen LogP contribution >= 0.6 is 11.6 Å². The van der Waals surface area contributed by atoms with Crippen molar-refractivity contribution in [2.75, 3.05) is 30.6 Å². The zero-order chi connectivity index (χ0) is 30.9. The summed E-state index contributed by atoms with van der Waals surface area (Å²) in [5.74, 6) is 1.55. The van der Waals surface area contributed by atoms with Gasteiger partial charge in [-0.25, -0.2) is 9.37 Å². The number of hydrogen-bond acceptors (Lipinski definition) is 8. The Morgan fingerprint density at radius 2 is 1.91 bits per heavy atom. The summed E-state index contributed by atoms with van der Waals surface area (Å²) in [6, 6.07) is 14.6. The number of nitrogens with zero attached hydrogens (tertiary/aromatic N) is 5. The van der Waals surface area contributed by atoms with Crippen molar-refractivity contribution in [2.45, 2.75) is 32.7 Å². The summed E-state index contributed by atoms with van der Waals surface area (Å²) in [5, 5.41) is 2.16. The molecular formula is C31H35ClFN7O3. The molecule has 5 rings (SSSR count). The second-order valence-electron chi connectivity index (χ2n) is 10.1. The average Bonchev–Trinajstić information content (AvgIpc) is 3.60. The summed E-state index contributed by atoms with van der Waals surface area (Å²) in [7, 11) is 3.83. The molecule has 0 radical (unpaired) electrons. The molecule has 2 aromatic heterocycles. The number of imide groups is 1. The normalized spacial score (nSPS) is 12.2. The number of amides is 2. The van der Waals surface area contributed by atoms with E-state index < -0.39 is 0 Å². The minimum Gasteiger partial charge on any atom is -0.487 e. The van der Waals surface area contributed by atoms with E-state index in [1.54, 1.807) is 36.7 Å². The van der Waals surface area contributed by atoms with Gasteiger partial charge in [0.2, 0.25) is 12.3 Å². The summed E-state index contributed by atoms with van der Waals surface area (Å²) in [6.45, 7) is 2.66. The molecule has 1 aliphatic heterocycles. The van der Waals surface area contributed by atoms with Crippen LogP contribution in [0.4, 0.5) is 15.9 Å². The highest BCUT2D eigenvalue weighted by molar-refractivity contribution is 6.15. The van der Waals surface area contributed by atoms with Crippen molar-refractivity contribution in [1.29, 1.82) is 0 Å². The smallest absolute Gasteiger partial charge is 0.228 e. The average molecular weight is 608 g/mol. The maximum atomic E-state index is 13.9. The molecule has 0 aliphatic carbocycles. The molecule has 0 fully saturated rings. The van der Waals surface area contributed by atoms with E-state index in [9.17, 15) is 14.0 Å². The van der Waals surface area contributed by atoms with E-state index in [4.69, 9.17) is 10.5 Å². The van der Waals surface area contributed by atoms with Crippen LogP contribution in [-0.4, -0.2) is 51.7 Å². The maximum Gasteiger partial charge on any atom is 0.228 e. The fourth-order valence-electron chi connectivity index (χ4n) is 4.95. The van der Waals surface area contributed by atoms with E-state index in [1.807, 2.05) is 23.6 Å². The summed E-state index contributed by atoms with van der Waals surface area (Å²) < 4.78 is 21.6. The van der Waals surface area contributed by atoms with E-state index in [-0.39, 0.29) is 24.8 Å². The quantitative estimate of drug-likeness (QED) is 0.192. The Hall–Kier alpha value is -4.48. The van der Waals surface area contributed by atoms with Gasteiger partial charge in [0.05, 0.1) is 23.8 Å². The predicted octanol–water partition coefficient (Wildman–Crippen LogP) is 4.25. The van der Waals surface area contributed by atoms with Crippen molar-refractivity contribution >= 4 is 35.4 Å². The molecule has 0 saturated heterocycles. The van der Waals surface area contributed by atoms with Crippen LogP contribution in [0, 0.1) is 5.82 Å². The molecule has 0 atom stereocenters. The monoisotopic (exact) mass is 607 g/mol. The predicted molar refractivity (Wildman–Crippen MR) is 165 cm³/mol. The molecule has 0 unspecified atom stereocenters. The molecule has 3 N–H and O–H groups in total. The Kier molecular flexibility index (Phi) is 10.7. The van der Waals surface area contributed by atoms with Gasteiger partial charge >= 0.3 is 0 Å². The summed E-state index contributed by atoms with van der Waals surface area (Å²) in [5.41, 5.74) is 11.5. The number of pyridine rings is 1. The van der Waals surface area contributed by atoms with Gasteiger partial charge in [-0.05, 0) is 23.3 Å². The molecule has 0 bridgehead atoms. The molecule has 2 amide bonds. The van der Waals surface area contributed by atoms with Crippen LogP contribution in [0.25, 0.3) is 11.4 Å². The Balaban J connectivity index is 0.00000207. The number of nitrogens with one attached hydrogen (secondary N) is 1. The van der Waals surface area contributed by atoms with Gasteiger partial charge in [-0.1, -0.05) is 30.3 Å². The van der Waals surface area contributed by atoms with Crippen molar-refractivity contribution in [2.24, 2.45) is 7.05 Å². The number of anilines is 2. The molecule has 1 aliphatic rings. The van der Waals surface area contributed by atoms with Gasteiger partial charge in [0.15, 0.2) is 0 Å². The number of aromatic nitrogens is 3. The highest BCUT2D eigenvalue weighted by Crippen LogP contribution is 2.31. The zero-order valence-electron chi connectivity index (χ0n) is 24.4. The number of carbonyl (C=O) groups is 2. The van der Waals surface area contributed by atoms with Gasteiger partial charge in [0.1, 0.15) is 29.8 Å². The van der Waals surface area contributed by atoms with E-state index in [0.29, 0.717) is 36.5 Å². The SMILES string of the molecule is CCl.CN(CCC(=O)NC=O)c1cnc(-c2ccc3c(c2)CN(Cc2ncc(OCc4ccccc4F)cc2N)C3)n1C. The molecular weight excluding hydrogens is 573 g/mol. The lowest BCUT2D eigenvalue weighted by Crippen LogP contribution is -2.28. The molecule has 3 heterocycles. The number of ether oxygens (including phenoxy) is 1. The minimum atomic E-state index is -0.321. The van der Waals surface area contributed by atoms with Crippen LogP contribution in [-0.2, 0) is 42.9 Å². The molecule has 10 nitrogen and oxygen atoms in total. The van der Waals surface area contributed by atoms with Gasteiger partial charge in [0, 0.05) is 70.3 Å². The fraction of sp³-hybridized carbons (Fsp3) is 0.290. The Labute approximate surface area is 255 Å². The first-order valence-corrected chi connectivity index (χ1v) is 14.4. The number of fused-ring (bicyclic) bond motifs is 1. The van der Waals surface area contributed by atoms with Crippen molar-refractivity contribution < 1.29 is 18.7 Å². The van der Waals surface area contributed by atoms with E-state index in [0.717, 1.165) is 36.0 Å². The second-order valence-corrected chi connectivity index (χ2v) is 10.1. The second kappa shape index (κ2) is 14.6. The fourth-order valence-corrected chi connectivity index (χ4v) is 4.95. The number of nitrogen functional groups attached to an aromatic ring is 1. The first-order valence-electron chi connectivity index (χ1n) is 13.6. The molecule has 0 spiro atoms. The number of benzene rings is 2. The highest BCUT2D eigenvalue weighted by Gasteiger charge is 2.22. The number of alkyl halides is 1. The number of halogens is 2. The van der Waals surface area contributed by atoms with Crippen LogP contribution in [0.15, 0.2) is 60.9 Å². The van der Waals surface area contributed by atoms with Gasteiger partial charge in [0.25, 0.3) is 0 Å². The molecule has 12 heteroatoms. The Bertz CT molecular complexity index is 1580. The van der Waals surface area contributed by atoms with Gasteiger partial charge < -0.3 is 19.9 Å². The Morgan fingerprint density at radius 3 is 2.65 bits per heavy atom. The van der Waals surface area contributed by atoms with Gasteiger partial charge in [-0.3, -0.25) is 24.8 Å². The third-order valence-electron chi connectivity index (χ3n) is 7.21. The van der Waals surface area contributed by atoms with Gasteiger partial charge in [-0.2, -0.15) is 0 Å². The molecule has 43 heavy (non-hydrogen) atoms. The maximum absolute atomic E-state index is 13.9. The lowest BCUT2D eigenvalue weighted by molar-refractivity contribution is -0.125. The third-order valence-corrected chi connectivity index (χ3v) is 7.21. The topological polar surface area (TPSA) is 119 Å². The summed E-state index contributed by atoms with van der Waals surface area (Å²) >= 11 is 4.64. The molecule has 0 saturated carbocycles. The summed E-state index contributed by atoms with van der Waals surface area (Å²) in [4.78, 5) is 35.5. The molecule has 226 valence electrons. The largest absolute Gasteiger partial charge is 0.487 e. The minimum absolute atomic E-state index is 0.100. The number of carbonyl (C=O) groups excluding carboxylic acids is 2. The molecule has 4 aromatic rings. The highest BCUT2D eigenvalue weighted by atomic mass is 35.5. The summed E-state index contributed by atoms with van der Waals surface area (Å²) in [6.07, 6.45) is 5.48. The number of imidazole rings is 1. The van der Waals surface area contributed by atoms with Crippen molar-refractivity contribution in [3.05, 3.63) is 89.1 Å². The van der Waals surface area contributed by atoms with Gasteiger partial charge in [-0.15, -0.1) is 11.6 Å². The van der Waals surface area contributed by atoms with Crippen LogP contribution in [0.1, 0.15) is 28.8 Å². The Morgan fingerprint density at radius 1 is 1.14 bits per heavy atom. The first kappa shape index (κ1) is 31.5. The lowest BCUT2D eigenvalue weighted by Gasteiger charge is -2.19. The lowest BCUT2D eigenvalue weighted by atomic mass is 10.1.